The monoisotopic (exact) mass is 463 g/mol. The topological polar surface area (TPSA) is 83.9 Å². The molecule has 166 valence electrons. The standard InChI is InChI=1S/C21H17ClF3N5O2/c22-17-13(4-2-5-14(17)21(23,24)25)20(32)30-11-3-1-6-16(30)19-28-27-18(29(19)10-11)15-9-12(31)7-8-26-15/h2,4-5,7-9,11,16H,1,3,6,10H2,(H,26,31). The van der Waals surface area contributed by atoms with Crippen LogP contribution < -0.4 is 5.43 Å². The molecule has 1 aromatic carbocycles. The number of hydrogen-bond donors (Lipinski definition) is 1. The van der Waals surface area contributed by atoms with E-state index in [0.29, 0.717) is 36.7 Å². The number of fused-ring (bicyclic) bond motifs is 4. The summed E-state index contributed by atoms with van der Waals surface area (Å²) in [4.78, 5) is 29.7. The van der Waals surface area contributed by atoms with Crippen molar-refractivity contribution in [2.45, 2.75) is 44.1 Å². The van der Waals surface area contributed by atoms with Crippen LogP contribution in [0.2, 0.25) is 5.02 Å². The summed E-state index contributed by atoms with van der Waals surface area (Å²) in [5, 5.41) is 7.90. The van der Waals surface area contributed by atoms with Crippen LogP contribution in [-0.2, 0) is 12.7 Å². The van der Waals surface area contributed by atoms with Crippen molar-refractivity contribution < 1.29 is 18.0 Å². The zero-order valence-electron chi connectivity index (χ0n) is 16.6. The van der Waals surface area contributed by atoms with Gasteiger partial charge in [0.05, 0.1) is 33.9 Å². The van der Waals surface area contributed by atoms with Crippen molar-refractivity contribution in [1.82, 2.24) is 24.6 Å². The molecule has 0 spiro atoms. The van der Waals surface area contributed by atoms with Crippen molar-refractivity contribution in [3.8, 4) is 11.5 Å². The molecule has 3 aromatic rings. The maximum atomic E-state index is 13.4. The zero-order chi connectivity index (χ0) is 22.6. The minimum Gasteiger partial charge on any atom is -0.358 e. The third-order valence-corrected chi connectivity index (χ3v) is 6.41. The largest absolute Gasteiger partial charge is 0.417 e. The Balaban J connectivity index is 1.55. The van der Waals surface area contributed by atoms with Gasteiger partial charge in [0.2, 0.25) is 0 Å². The molecule has 1 amide bonds. The van der Waals surface area contributed by atoms with Crippen molar-refractivity contribution in [3.63, 3.8) is 0 Å². The van der Waals surface area contributed by atoms with Crippen LogP contribution >= 0.6 is 11.6 Å². The van der Waals surface area contributed by atoms with Gasteiger partial charge in [0.1, 0.15) is 0 Å². The first kappa shape index (κ1) is 20.7. The molecule has 4 heterocycles. The Kier molecular flexibility index (Phi) is 4.85. The molecule has 0 radical (unpaired) electrons. The lowest BCUT2D eigenvalue weighted by Crippen LogP contribution is -2.52. The van der Waals surface area contributed by atoms with E-state index in [4.69, 9.17) is 11.6 Å². The summed E-state index contributed by atoms with van der Waals surface area (Å²) in [6.07, 6.45) is -1.01. The molecule has 1 saturated heterocycles. The maximum absolute atomic E-state index is 13.4. The fourth-order valence-electron chi connectivity index (χ4n) is 4.60. The number of rotatable bonds is 2. The molecular weight excluding hydrogens is 447 g/mol. The number of benzene rings is 1. The highest BCUT2D eigenvalue weighted by Gasteiger charge is 2.44. The van der Waals surface area contributed by atoms with Gasteiger partial charge in [-0.25, -0.2) is 0 Å². The Morgan fingerprint density at radius 1 is 1.19 bits per heavy atom. The fraction of sp³-hybridized carbons (Fsp3) is 0.333. The molecule has 5 rings (SSSR count). The fourth-order valence-corrected chi connectivity index (χ4v) is 4.92. The Morgan fingerprint density at radius 2 is 2.00 bits per heavy atom. The number of nitrogens with one attached hydrogen (secondary N) is 1. The predicted molar refractivity (Wildman–Crippen MR) is 109 cm³/mol. The Morgan fingerprint density at radius 3 is 2.75 bits per heavy atom. The number of amides is 1. The number of carbonyl (C=O) groups excluding carboxylic acids is 1. The average molecular weight is 464 g/mol. The second-order valence-electron chi connectivity index (χ2n) is 7.91. The molecule has 2 bridgehead atoms. The number of nitrogens with zero attached hydrogens (tertiary/aromatic N) is 4. The minimum absolute atomic E-state index is 0.178. The molecular formula is C21H17ClF3N5O2. The van der Waals surface area contributed by atoms with E-state index in [2.05, 4.69) is 15.2 Å². The van der Waals surface area contributed by atoms with Crippen LogP contribution in [0.1, 0.15) is 47.1 Å². The SMILES string of the molecule is O=C(c1cccc(C(F)(F)F)c1Cl)N1C2CCCC1c1nnc(-c3cc(=O)cc[nH]3)n1C2. The van der Waals surface area contributed by atoms with Crippen LogP contribution in [0.25, 0.3) is 11.5 Å². The lowest BCUT2D eigenvalue weighted by atomic mass is 9.90. The van der Waals surface area contributed by atoms with Gasteiger partial charge < -0.3 is 14.5 Å². The Bertz CT molecular complexity index is 1270. The Hall–Kier alpha value is -3.14. The van der Waals surface area contributed by atoms with Gasteiger partial charge in [0.25, 0.3) is 5.91 Å². The molecule has 11 heteroatoms. The third kappa shape index (κ3) is 3.29. The molecule has 0 saturated carbocycles. The summed E-state index contributed by atoms with van der Waals surface area (Å²) in [5.74, 6) is 0.468. The van der Waals surface area contributed by atoms with E-state index >= 15 is 0 Å². The molecule has 1 N–H and O–H groups in total. The summed E-state index contributed by atoms with van der Waals surface area (Å²) < 4.78 is 41.8. The van der Waals surface area contributed by atoms with Crippen molar-refractivity contribution >= 4 is 17.5 Å². The second kappa shape index (κ2) is 7.47. The summed E-state index contributed by atoms with van der Waals surface area (Å²) in [7, 11) is 0. The minimum atomic E-state index is -4.66. The molecule has 1 fully saturated rings. The van der Waals surface area contributed by atoms with Crippen LogP contribution in [0.4, 0.5) is 13.2 Å². The Labute approximate surface area is 184 Å². The van der Waals surface area contributed by atoms with Gasteiger partial charge in [-0.1, -0.05) is 17.7 Å². The molecule has 2 atom stereocenters. The third-order valence-electron chi connectivity index (χ3n) is 6.00. The van der Waals surface area contributed by atoms with Crippen LogP contribution in [0, 0.1) is 0 Å². The van der Waals surface area contributed by atoms with Crippen LogP contribution in [-0.4, -0.2) is 36.6 Å². The second-order valence-corrected chi connectivity index (χ2v) is 8.29. The van der Waals surface area contributed by atoms with Gasteiger partial charge in [0, 0.05) is 24.9 Å². The molecule has 2 aliphatic heterocycles. The molecule has 2 aliphatic rings. The van der Waals surface area contributed by atoms with Gasteiger partial charge in [-0.15, -0.1) is 10.2 Å². The van der Waals surface area contributed by atoms with E-state index < -0.39 is 28.7 Å². The van der Waals surface area contributed by atoms with Gasteiger partial charge in [0.15, 0.2) is 17.1 Å². The summed E-state index contributed by atoms with van der Waals surface area (Å²) >= 11 is 6.03. The van der Waals surface area contributed by atoms with E-state index in [1.165, 1.54) is 30.5 Å². The molecule has 7 nitrogen and oxygen atoms in total. The van der Waals surface area contributed by atoms with Gasteiger partial charge in [-0.05, 0) is 31.4 Å². The molecule has 2 unspecified atom stereocenters. The number of pyridine rings is 1. The molecule has 2 aromatic heterocycles. The van der Waals surface area contributed by atoms with Gasteiger partial charge >= 0.3 is 6.18 Å². The zero-order valence-corrected chi connectivity index (χ0v) is 17.3. The molecule has 32 heavy (non-hydrogen) atoms. The normalized spacial score (nSPS) is 20.2. The van der Waals surface area contributed by atoms with Crippen molar-refractivity contribution in [2.75, 3.05) is 0 Å². The van der Waals surface area contributed by atoms with Crippen LogP contribution in [0.15, 0.2) is 41.3 Å². The maximum Gasteiger partial charge on any atom is 0.417 e. The predicted octanol–water partition coefficient (Wildman–Crippen LogP) is 4.06. The first-order valence-corrected chi connectivity index (χ1v) is 10.4. The average Bonchev–Trinajstić information content (AvgIpc) is 3.16. The van der Waals surface area contributed by atoms with E-state index in [-0.39, 0.29) is 17.0 Å². The number of carbonyl (C=O) groups is 1. The van der Waals surface area contributed by atoms with E-state index in [1.54, 1.807) is 4.90 Å². The van der Waals surface area contributed by atoms with E-state index in [9.17, 15) is 22.8 Å². The lowest BCUT2D eigenvalue weighted by Gasteiger charge is -2.45. The van der Waals surface area contributed by atoms with Gasteiger partial charge in [-0.2, -0.15) is 13.2 Å². The van der Waals surface area contributed by atoms with Crippen molar-refractivity contribution in [3.05, 3.63) is 68.7 Å². The number of piperidine rings is 1. The summed E-state index contributed by atoms with van der Waals surface area (Å²) in [6, 6.07) is 5.47. The number of hydrogen-bond acceptors (Lipinski definition) is 4. The number of aromatic amines is 1. The quantitative estimate of drug-likeness (QED) is 0.621. The van der Waals surface area contributed by atoms with Crippen molar-refractivity contribution in [1.29, 1.82) is 0 Å². The lowest BCUT2D eigenvalue weighted by molar-refractivity contribution is -0.137. The van der Waals surface area contributed by atoms with Crippen LogP contribution in [0.5, 0.6) is 0 Å². The van der Waals surface area contributed by atoms with Crippen LogP contribution in [0.3, 0.4) is 0 Å². The number of alkyl halides is 3. The van der Waals surface area contributed by atoms with E-state index in [0.717, 1.165) is 12.5 Å². The van der Waals surface area contributed by atoms with Gasteiger partial charge in [-0.3, -0.25) is 9.59 Å². The number of H-pyrrole nitrogens is 1. The van der Waals surface area contributed by atoms with Crippen molar-refractivity contribution in [2.24, 2.45) is 0 Å². The summed E-state index contributed by atoms with van der Waals surface area (Å²) in [5.41, 5.74) is -0.886. The smallest absolute Gasteiger partial charge is 0.358 e. The number of aromatic nitrogens is 4. The molecule has 0 aliphatic carbocycles. The van der Waals surface area contributed by atoms with E-state index in [1.807, 2.05) is 4.57 Å². The first-order chi connectivity index (χ1) is 15.3. The number of halogens is 4. The highest BCUT2D eigenvalue weighted by molar-refractivity contribution is 6.34. The summed E-state index contributed by atoms with van der Waals surface area (Å²) in [6.45, 7) is 0.368. The highest BCUT2D eigenvalue weighted by Crippen LogP contribution is 2.42. The first-order valence-electron chi connectivity index (χ1n) is 10.1. The highest BCUT2D eigenvalue weighted by atomic mass is 35.5.